The van der Waals surface area contributed by atoms with Crippen molar-refractivity contribution in [1.82, 2.24) is 4.90 Å². The smallest absolute Gasteiger partial charge is 0.294 e. The summed E-state index contributed by atoms with van der Waals surface area (Å²) in [5.41, 5.74) is 0.862. The zero-order chi connectivity index (χ0) is 28.8. The molecule has 1 N–H and O–H groups in total. The largest absolute Gasteiger partial charge is 0.495 e. The summed E-state index contributed by atoms with van der Waals surface area (Å²) < 4.78 is 16.2. The number of ether oxygens (including phenoxy) is 3. The van der Waals surface area contributed by atoms with Gasteiger partial charge in [0.05, 0.1) is 40.7 Å². The predicted octanol–water partition coefficient (Wildman–Crippen LogP) is 5.52. The zero-order valence-electron chi connectivity index (χ0n) is 21.2. The van der Waals surface area contributed by atoms with Crippen LogP contribution in [-0.4, -0.2) is 47.6 Å². The van der Waals surface area contributed by atoms with Crippen LogP contribution in [0, 0.1) is 10.1 Å². The molecule has 3 amide bonds. The van der Waals surface area contributed by atoms with Crippen LogP contribution in [0.3, 0.4) is 0 Å². The SMILES string of the molecule is COc1ccc(NC(=O)CN2C(=O)S/C(=C/c3cc(OC)c(OCc4ccccc4)cc3[N+](=O)[O-])C2=O)cc1Cl. The highest BCUT2D eigenvalue weighted by Crippen LogP contribution is 2.39. The Hall–Kier alpha value is -4.55. The van der Waals surface area contributed by atoms with Crippen molar-refractivity contribution >= 4 is 57.9 Å². The number of hydrogen-bond donors (Lipinski definition) is 1. The van der Waals surface area contributed by atoms with Crippen LogP contribution in [0.15, 0.2) is 65.6 Å². The summed E-state index contributed by atoms with van der Waals surface area (Å²) in [5, 5.41) is 14.0. The third-order valence-corrected chi connectivity index (χ3v) is 6.85. The standard InChI is InChI=1S/C27H22ClN3O8S/c1-37-21-9-8-18(12-19(21)28)29-25(32)14-30-26(33)24(40-27(30)34)11-17-10-22(38-2)23(13-20(17)31(35)36)39-15-16-6-4-3-5-7-16/h3-13H,14-15H2,1-2H3,(H,29,32)/b24-11+. The lowest BCUT2D eigenvalue weighted by molar-refractivity contribution is -0.385. The number of halogens is 1. The van der Waals surface area contributed by atoms with Gasteiger partial charge in [0.1, 0.15) is 18.9 Å². The van der Waals surface area contributed by atoms with Crippen molar-refractivity contribution in [2.24, 2.45) is 0 Å². The molecule has 4 rings (SSSR count). The van der Waals surface area contributed by atoms with Gasteiger partial charge in [-0.25, -0.2) is 0 Å². The Kier molecular flexibility index (Phi) is 8.92. The Morgan fingerprint density at radius 3 is 2.42 bits per heavy atom. The van der Waals surface area contributed by atoms with E-state index in [0.29, 0.717) is 23.2 Å². The van der Waals surface area contributed by atoms with Crippen LogP contribution in [-0.2, 0) is 16.2 Å². The van der Waals surface area contributed by atoms with Crippen molar-refractivity contribution < 1.29 is 33.5 Å². The van der Waals surface area contributed by atoms with E-state index >= 15 is 0 Å². The number of nitrogens with one attached hydrogen (secondary N) is 1. The first-order valence-electron chi connectivity index (χ1n) is 11.6. The van der Waals surface area contributed by atoms with E-state index in [1.54, 1.807) is 12.1 Å². The first kappa shape index (κ1) is 28.5. The number of benzene rings is 3. The summed E-state index contributed by atoms with van der Waals surface area (Å²) >= 11 is 6.63. The molecule has 0 atom stereocenters. The molecule has 13 heteroatoms. The minimum absolute atomic E-state index is 0.0248. The molecule has 1 heterocycles. The summed E-state index contributed by atoms with van der Waals surface area (Å²) in [6, 6.07) is 16.4. The molecule has 0 aromatic heterocycles. The first-order chi connectivity index (χ1) is 19.2. The first-order valence-corrected chi connectivity index (χ1v) is 12.8. The normalized spacial score (nSPS) is 13.9. The van der Waals surface area contributed by atoms with Gasteiger partial charge in [-0.2, -0.15) is 0 Å². The fraction of sp³-hybridized carbons (Fsp3) is 0.148. The molecule has 3 aromatic rings. The van der Waals surface area contributed by atoms with Gasteiger partial charge in [-0.1, -0.05) is 41.9 Å². The van der Waals surface area contributed by atoms with E-state index < -0.39 is 28.5 Å². The Bertz CT molecular complexity index is 1510. The predicted molar refractivity (Wildman–Crippen MR) is 150 cm³/mol. The fourth-order valence-electron chi connectivity index (χ4n) is 3.71. The Balaban J connectivity index is 1.52. The number of hydrogen-bond acceptors (Lipinski definition) is 9. The zero-order valence-corrected chi connectivity index (χ0v) is 22.8. The van der Waals surface area contributed by atoms with Gasteiger partial charge in [-0.05, 0) is 47.7 Å². The van der Waals surface area contributed by atoms with Crippen molar-refractivity contribution in [2.45, 2.75) is 6.61 Å². The monoisotopic (exact) mass is 583 g/mol. The molecule has 0 radical (unpaired) electrons. The van der Waals surface area contributed by atoms with Gasteiger partial charge in [-0.3, -0.25) is 29.4 Å². The molecule has 0 aliphatic carbocycles. The van der Waals surface area contributed by atoms with Crippen LogP contribution in [0.1, 0.15) is 11.1 Å². The molecule has 11 nitrogen and oxygen atoms in total. The van der Waals surface area contributed by atoms with Crippen LogP contribution in [0.4, 0.5) is 16.2 Å². The quantitative estimate of drug-likeness (QED) is 0.186. The number of imide groups is 1. The van der Waals surface area contributed by atoms with Gasteiger partial charge in [0.15, 0.2) is 11.5 Å². The van der Waals surface area contributed by atoms with E-state index in [0.717, 1.165) is 10.5 Å². The van der Waals surface area contributed by atoms with Gasteiger partial charge >= 0.3 is 0 Å². The summed E-state index contributed by atoms with van der Waals surface area (Å²) in [7, 11) is 2.83. The van der Waals surface area contributed by atoms with Gasteiger partial charge < -0.3 is 19.5 Å². The number of rotatable bonds is 10. The Morgan fingerprint density at radius 2 is 1.77 bits per heavy atom. The molecule has 1 saturated heterocycles. The summed E-state index contributed by atoms with van der Waals surface area (Å²) in [4.78, 5) is 50.0. The number of carbonyl (C=O) groups excluding carboxylic acids is 3. The Morgan fingerprint density at radius 1 is 1.05 bits per heavy atom. The van der Waals surface area contributed by atoms with Crippen molar-refractivity contribution in [3.8, 4) is 17.2 Å². The van der Waals surface area contributed by atoms with Gasteiger partial charge in [0.2, 0.25) is 5.91 Å². The van der Waals surface area contributed by atoms with E-state index in [4.69, 9.17) is 25.8 Å². The molecule has 0 unspecified atom stereocenters. The molecule has 0 saturated carbocycles. The molecular weight excluding hydrogens is 562 g/mol. The summed E-state index contributed by atoms with van der Waals surface area (Å²) in [6.45, 7) is -0.416. The molecule has 206 valence electrons. The van der Waals surface area contributed by atoms with Crippen molar-refractivity contribution in [3.63, 3.8) is 0 Å². The summed E-state index contributed by atoms with van der Waals surface area (Å²) in [5.74, 6) is -0.659. The van der Waals surface area contributed by atoms with Crippen LogP contribution < -0.4 is 19.5 Å². The van der Waals surface area contributed by atoms with E-state index in [1.807, 2.05) is 30.3 Å². The molecule has 40 heavy (non-hydrogen) atoms. The number of nitrogens with zero attached hydrogens (tertiary/aromatic N) is 2. The minimum Gasteiger partial charge on any atom is -0.495 e. The second-order valence-electron chi connectivity index (χ2n) is 8.26. The molecule has 1 aliphatic heterocycles. The Labute approximate surface area is 237 Å². The number of amides is 3. The second kappa shape index (κ2) is 12.5. The third kappa shape index (κ3) is 6.53. The highest BCUT2D eigenvalue weighted by Gasteiger charge is 2.37. The maximum Gasteiger partial charge on any atom is 0.294 e. The number of methoxy groups -OCH3 is 2. The van der Waals surface area contributed by atoms with Crippen molar-refractivity contribution in [3.05, 3.63) is 91.8 Å². The molecule has 1 fully saturated rings. The number of thioether (sulfide) groups is 1. The van der Waals surface area contributed by atoms with E-state index in [9.17, 15) is 24.5 Å². The maximum atomic E-state index is 13.0. The average molecular weight is 584 g/mol. The van der Waals surface area contributed by atoms with Crippen LogP contribution in [0.2, 0.25) is 5.02 Å². The lowest BCUT2D eigenvalue weighted by Crippen LogP contribution is -2.36. The average Bonchev–Trinajstić information content (AvgIpc) is 3.19. The van der Waals surface area contributed by atoms with E-state index in [-0.39, 0.29) is 39.3 Å². The maximum absolute atomic E-state index is 13.0. The van der Waals surface area contributed by atoms with E-state index in [1.165, 1.54) is 38.5 Å². The fourth-order valence-corrected chi connectivity index (χ4v) is 4.80. The number of nitro groups is 1. The lowest BCUT2D eigenvalue weighted by atomic mass is 10.1. The molecule has 0 bridgehead atoms. The van der Waals surface area contributed by atoms with Crippen LogP contribution in [0.5, 0.6) is 17.2 Å². The topological polar surface area (TPSA) is 137 Å². The second-order valence-corrected chi connectivity index (χ2v) is 9.66. The van der Waals surface area contributed by atoms with Crippen LogP contribution in [0.25, 0.3) is 6.08 Å². The number of anilines is 1. The van der Waals surface area contributed by atoms with Gasteiger partial charge in [0, 0.05) is 5.69 Å². The third-order valence-electron chi connectivity index (χ3n) is 5.64. The minimum atomic E-state index is -0.768. The molecule has 0 spiro atoms. The highest BCUT2D eigenvalue weighted by molar-refractivity contribution is 8.18. The molecule has 3 aromatic carbocycles. The number of carbonyl (C=O) groups is 3. The van der Waals surface area contributed by atoms with Crippen molar-refractivity contribution in [2.75, 3.05) is 26.1 Å². The molecule has 1 aliphatic rings. The van der Waals surface area contributed by atoms with Gasteiger partial charge in [-0.15, -0.1) is 0 Å². The van der Waals surface area contributed by atoms with Crippen molar-refractivity contribution in [1.29, 1.82) is 0 Å². The number of nitro benzene ring substituents is 1. The van der Waals surface area contributed by atoms with Gasteiger partial charge in [0.25, 0.3) is 16.8 Å². The van der Waals surface area contributed by atoms with E-state index in [2.05, 4.69) is 5.32 Å². The summed E-state index contributed by atoms with van der Waals surface area (Å²) in [6.07, 6.45) is 1.22. The lowest BCUT2D eigenvalue weighted by Gasteiger charge is -2.13. The highest BCUT2D eigenvalue weighted by atomic mass is 35.5. The van der Waals surface area contributed by atoms with Crippen LogP contribution >= 0.6 is 23.4 Å². The molecular formula is C27H22ClN3O8S.